The van der Waals surface area contributed by atoms with Gasteiger partial charge in [0, 0.05) is 33.1 Å². The number of morpholine rings is 1. The Labute approximate surface area is 208 Å². The number of hydrogen-bond acceptors (Lipinski definition) is 9. The van der Waals surface area contributed by atoms with Gasteiger partial charge in [0.05, 0.1) is 29.8 Å². The second-order valence-electron chi connectivity index (χ2n) is 9.75. The van der Waals surface area contributed by atoms with E-state index >= 15 is 4.39 Å². The highest BCUT2D eigenvalue weighted by Gasteiger charge is 2.63. The van der Waals surface area contributed by atoms with Crippen molar-refractivity contribution in [2.45, 2.75) is 25.5 Å². The molecule has 2 N–H and O–H groups in total. The van der Waals surface area contributed by atoms with Crippen molar-refractivity contribution in [3.05, 3.63) is 23.1 Å². The number of barbiturate groups is 1. The van der Waals surface area contributed by atoms with Crippen molar-refractivity contribution in [1.82, 2.24) is 25.6 Å². The van der Waals surface area contributed by atoms with E-state index in [0.29, 0.717) is 6.54 Å². The van der Waals surface area contributed by atoms with E-state index in [1.165, 1.54) is 15.9 Å². The SMILES string of the molecule is C[C@@H]1OCCN2c3c(cc4c(C(=O)N5CCN(C)C(=O)C5)noc4c3F)CC3(C(=O)NC(=O)NC3=O)[C@@H]12. The van der Waals surface area contributed by atoms with Gasteiger partial charge in [0.1, 0.15) is 6.54 Å². The zero-order chi connectivity index (χ0) is 26.2. The van der Waals surface area contributed by atoms with Gasteiger partial charge < -0.3 is 24.0 Å². The number of halogens is 1. The van der Waals surface area contributed by atoms with Gasteiger partial charge in [0.15, 0.2) is 16.9 Å². The van der Waals surface area contributed by atoms with Crippen LogP contribution in [0.1, 0.15) is 23.0 Å². The molecule has 4 aliphatic rings. The van der Waals surface area contributed by atoms with Crippen LogP contribution in [-0.4, -0.2) is 96.6 Å². The van der Waals surface area contributed by atoms with Crippen molar-refractivity contribution in [2.75, 3.05) is 44.7 Å². The molecule has 14 heteroatoms. The van der Waals surface area contributed by atoms with Crippen molar-refractivity contribution in [1.29, 1.82) is 0 Å². The molecule has 5 heterocycles. The number of urea groups is 1. The Morgan fingerprint density at radius 3 is 2.59 bits per heavy atom. The number of ether oxygens (including phenoxy) is 1. The third-order valence-electron chi connectivity index (χ3n) is 7.72. The lowest BCUT2D eigenvalue weighted by Gasteiger charge is -2.54. The smallest absolute Gasteiger partial charge is 0.328 e. The lowest BCUT2D eigenvalue weighted by atomic mass is 9.66. The Hall–Kier alpha value is -4.07. The fourth-order valence-electron chi connectivity index (χ4n) is 5.90. The number of piperazine rings is 1. The number of amides is 6. The monoisotopic (exact) mass is 514 g/mol. The number of aromatic nitrogens is 1. The number of fused-ring (bicyclic) bond motifs is 5. The summed E-state index contributed by atoms with van der Waals surface area (Å²) in [5.74, 6) is -3.24. The Morgan fingerprint density at radius 1 is 1.16 bits per heavy atom. The van der Waals surface area contributed by atoms with Crippen LogP contribution in [0.4, 0.5) is 14.9 Å². The summed E-state index contributed by atoms with van der Waals surface area (Å²) in [4.78, 5) is 68.1. The summed E-state index contributed by atoms with van der Waals surface area (Å²) < 4.78 is 27.0. The maximum absolute atomic E-state index is 16.0. The Morgan fingerprint density at radius 2 is 1.89 bits per heavy atom. The lowest BCUT2D eigenvalue weighted by Crippen LogP contribution is -2.74. The molecule has 6 rings (SSSR count). The number of benzene rings is 1. The minimum Gasteiger partial charge on any atom is -0.374 e. The van der Waals surface area contributed by atoms with E-state index in [1.807, 2.05) is 0 Å². The van der Waals surface area contributed by atoms with Crippen LogP contribution >= 0.6 is 0 Å². The highest BCUT2D eigenvalue weighted by atomic mass is 19.1. The van der Waals surface area contributed by atoms with Crippen LogP contribution in [0.15, 0.2) is 10.6 Å². The van der Waals surface area contributed by atoms with E-state index < -0.39 is 47.1 Å². The molecule has 3 fully saturated rings. The summed E-state index contributed by atoms with van der Waals surface area (Å²) in [7, 11) is 1.64. The number of likely N-dealkylation sites (N-methyl/N-ethyl adjacent to an activating group) is 1. The van der Waals surface area contributed by atoms with Crippen molar-refractivity contribution < 1.29 is 37.6 Å². The highest BCUT2D eigenvalue weighted by Crippen LogP contribution is 2.48. The third kappa shape index (κ3) is 3.17. The Balaban J connectivity index is 1.49. The van der Waals surface area contributed by atoms with Crippen LogP contribution in [-0.2, 0) is 25.5 Å². The van der Waals surface area contributed by atoms with Gasteiger partial charge in [-0.15, -0.1) is 0 Å². The van der Waals surface area contributed by atoms with Gasteiger partial charge in [-0.05, 0) is 18.6 Å². The molecular formula is C23H23FN6O7. The molecule has 0 aliphatic carbocycles. The normalized spacial score (nSPS) is 25.2. The summed E-state index contributed by atoms with van der Waals surface area (Å²) in [6, 6.07) is -0.350. The highest BCUT2D eigenvalue weighted by molar-refractivity contribution is 6.20. The third-order valence-corrected chi connectivity index (χ3v) is 7.72. The zero-order valence-electron chi connectivity index (χ0n) is 20.0. The molecule has 4 aliphatic heterocycles. The average molecular weight is 514 g/mol. The molecule has 0 radical (unpaired) electrons. The number of rotatable bonds is 1. The quantitative estimate of drug-likeness (QED) is 0.474. The molecule has 13 nitrogen and oxygen atoms in total. The average Bonchev–Trinajstić information content (AvgIpc) is 3.27. The maximum Gasteiger partial charge on any atom is 0.328 e. The fourth-order valence-corrected chi connectivity index (χ4v) is 5.90. The largest absolute Gasteiger partial charge is 0.374 e. The van der Waals surface area contributed by atoms with Gasteiger partial charge in [-0.25, -0.2) is 9.18 Å². The Kier molecular flexibility index (Phi) is 5.02. The molecule has 0 bridgehead atoms. The first-order valence-corrected chi connectivity index (χ1v) is 11.8. The van der Waals surface area contributed by atoms with Crippen molar-refractivity contribution in [3.8, 4) is 0 Å². The molecule has 2 aromatic rings. The van der Waals surface area contributed by atoms with E-state index in [9.17, 15) is 24.0 Å². The van der Waals surface area contributed by atoms with Crippen LogP contribution in [0.2, 0.25) is 0 Å². The molecule has 3 saturated heterocycles. The van der Waals surface area contributed by atoms with Crippen molar-refractivity contribution in [2.24, 2.45) is 5.41 Å². The van der Waals surface area contributed by atoms with Gasteiger partial charge >= 0.3 is 6.03 Å². The number of anilines is 1. The standard InChI is InChI=1S/C23H23FN6O7/c1-10-18-23(20(33)25-22(35)26-21(23)34)8-11-7-12-15(19(32)29-4-3-28(2)13(31)9-29)27-37-17(12)14(24)16(11)30(18)5-6-36-10/h7,10,18H,3-6,8-9H2,1-2H3,(H2,25,26,33,34,35)/t10-,18+/m0/s1. The first-order valence-electron chi connectivity index (χ1n) is 11.8. The number of hydrogen-bond donors (Lipinski definition) is 2. The van der Waals surface area contributed by atoms with E-state index in [-0.39, 0.29) is 66.5 Å². The molecule has 37 heavy (non-hydrogen) atoms. The predicted molar refractivity (Wildman–Crippen MR) is 122 cm³/mol. The molecule has 2 atom stereocenters. The van der Waals surface area contributed by atoms with E-state index in [2.05, 4.69) is 15.8 Å². The topological polar surface area (TPSA) is 154 Å². The molecule has 1 aromatic heterocycles. The minimum absolute atomic E-state index is 0.0650. The molecule has 1 aromatic carbocycles. The summed E-state index contributed by atoms with van der Waals surface area (Å²) in [5, 5.41) is 8.23. The molecule has 1 spiro atoms. The number of carbonyl (C=O) groups excluding carboxylic acids is 5. The van der Waals surface area contributed by atoms with Gasteiger partial charge in [0.2, 0.25) is 23.3 Å². The summed E-state index contributed by atoms with van der Waals surface area (Å²) >= 11 is 0. The van der Waals surface area contributed by atoms with E-state index in [4.69, 9.17) is 9.26 Å². The first-order chi connectivity index (χ1) is 17.6. The van der Waals surface area contributed by atoms with Gasteiger partial charge in [-0.3, -0.25) is 29.8 Å². The minimum atomic E-state index is -1.79. The van der Waals surface area contributed by atoms with Crippen LogP contribution < -0.4 is 15.5 Å². The van der Waals surface area contributed by atoms with Gasteiger partial charge in [-0.1, -0.05) is 5.16 Å². The summed E-state index contributed by atoms with van der Waals surface area (Å²) in [6.07, 6.45) is -0.899. The second kappa shape index (κ2) is 7.96. The van der Waals surface area contributed by atoms with Crippen LogP contribution in [0.5, 0.6) is 0 Å². The van der Waals surface area contributed by atoms with E-state index in [0.717, 1.165) is 0 Å². The maximum atomic E-state index is 16.0. The van der Waals surface area contributed by atoms with Crippen LogP contribution in [0.3, 0.4) is 0 Å². The number of nitrogens with one attached hydrogen (secondary N) is 2. The van der Waals surface area contributed by atoms with Crippen molar-refractivity contribution in [3.63, 3.8) is 0 Å². The Bertz CT molecular complexity index is 1390. The van der Waals surface area contributed by atoms with Crippen LogP contribution in [0, 0.1) is 11.2 Å². The fraction of sp³-hybridized carbons (Fsp3) is 0.478. The first kappa shape index (κ1) is 23.3. The summed E-state index contributed by atoms with van der Waals surface area (Å²) in [6.45, 7) is 2.52. The molecule has 0 saturated carbocycles. The van der Waals surface area contributed by atoms with Gasteiger partial charge in [-0.2, -0.15) is 0 Å². The van der Waals surface area contributed by atoms with E-state index in [1.54, 1.807) is 18.9 Å². The molecule has 0 unspecified atom stereocenters. The number of nitrogens with zero attached hydrogens (tertiary/aromatic N) is 4. The lowest BCUT2D eigenvalue weighted by molar-refractivity contribution is -0.151. The zero-order valence-corrected chi connectivity index (χ0v) is 20.0. The summed E-state index contributed by atoms with van der Waals surface area (Å²) in [5.41, 5.74) is -1.80. The number of imide groups is 2. The molecule has 194 valence electrons. The molecular weight excluding hydrogens is 491 g/mol. The second-order valence-corrected chi connectivity index (χ2v) is 9.75. The van der Waals surface area contributed by atoms with Crippen molar-refractivity contribution >= 4 is 46.3 Å². The van der Waals surface area contributed by atoms with Gasteiger partial charge in [0.25, 0.3) is 5.91 Å². The number of carbonyl (C=O) groups is 5. The molecule has 6 amide bonds. The predicted octanol–water partition coefficient (Wildman–Crippen LogP) is -0.617. The van der Waals surface area contributed by atoms with Crippen LogP contribution in [0.25, 0.3) is 11.0 Å².